The monoisotopic (exact) mass is 353 g/mol. The molecule has 7 nitrogen and oxygen atoms in total. The molecule has 0 aromatic carbocycles. The Morgan fingerprint density at radius 3 is 2.58 bits per heavy atom. The third kappa shape index (κ3) is 4.34. The van der Waals surface area contributed by atoms with Crippen LogP contribution in [0.2, 0.25) is 0 Å². The number of nitrogens with zero attached hydrogens (tertiary/aromatic N) is 4. The minimum Gasteiger partial charge on any atom is -0.366 e. The molecule has 1 aliphatic carbocycles. The summed E-state index contributed by atoms with van der Waals surface area (Å²) in [5.41, 5.74) is 0. The first kappa shape index (κ1) is 17.4. The summed E-state index contributed by atoms with van der Waals surface area (Å²) in [5, 5.41) is 11.7. The van der Waals surface area contributed by atoms with Crippen LogP contribution in [0.5, 0.6) is 0 Å². The molecule has 1 aliphatic heterocycles. The second-order valence-corrected chi connectivity index (χ2v) is 9.05. The van der Waals surface area contributed by atoms with Gasteiger partial charge in [0.1, 0.15) is 0 Å². The van der Waals surface area contributed by atoms with Gasteiger partial charge in [0.25, 0.3) is 0 Å². The second-order valence-electron chi connectivity index (χ2n) is 6.82. The Balaban J connectivity index is 1.71. The van der Waals surface area contributed by atoms with Crippen molar-refractivity contribution in [1.29, 1.82) is 0 Å². The zero-order valence-electron chi connectivity index (χ0n) is 14.3. The fraction of sp³-hybridized carbons (Fsp3) is 0.812. The maximum absolute atomic E-state index is 11.8. The minimum absolute atomic E-state index is 0.0464. The number of hydrogen-bond donors (Lipinski definition) is 1. The first-order chi connectivity index (χ1) is 11.6. The highest BCUT2D eigenvalue weighted by molar-refractivity contribution is 7.91. The summed E-state index contributed by atoms with van der Waals surface area (Å²) >= 11 is 0. The lowest BCUT2D eigenvalue weighted by Crippen LogP contribution is -2.37. The van der Waals surface area contributed by atoms with Gasteiger partial charge in [0.2, 0.25) is 5.95 Å². The van der Waals surface area contributed by atoms with Crippen molar-refractivity contribution < 1.29 is 8.42 Å². The molecule has 24 heavy (non-hydrogen) atoms. The molecule has 2 fully saturated rings. The van der Waals surface area contributed by atoms with Crippen molar-refractivity contribution in [3.05, 3.63) is 6.20 Å². The lowest BCUT2D eigenvalue weighted by atomic mass is 10.1. The van der Waals surface area contributed by atoms with Crippen LogP contribution in [0.25, 0.3) is 0 Å². The van der Waals surface area contributed by atoms with Crippen LogP contribution in [0, 0.1) is 0 Å². The molecular weight excluding hydrogens is 326 g/mol. The van der Waals surface area contributed by atoms with Crippen molar-refractivity contribution in [2.24, 2.45) is 0 Å². The second kappa shape index (κ2) is 7.63. The number of anilines is 2. The normalized spacial score (nSPS) is 24.5. The molecule has 1 aromatic heterocycles. The van der Waals surface area contributed by atoms with E-state index >= 15 is 0 Å². The lowest BCUT2D eigenvalue weighted by molar-refractivity contribution is 0.598. The van der Waals surface area contributed by atoms with Crippen molar-refractivity contribution in [2.45, 2.75) is 64.0 Å². The number of aromatic nitrogens is 3. The van der Waals surface area contributed by atoms with Crippen LogP contribution in [0.1, 0.15) is 51.9 Å². The molecule has 0 spiro atoms. The smallest absolute Gasteiger partial charge is 0.247 e. The highest BCUT2D eigenvalue weighted by atomic mass is 32.2. The molecule has 1 atom stereocenters. The van der Waals surface area contributed by atoms with Crippen LogP contribution in [0.15, 0.2) is 6.20 Å². The quantitative estimate of drug-likeness (QED) is 0.810. The summed E-state index contributed by atoms with van der Waals surface area (Å²) in [7, 11) is -2.93. The highest BCUT2D eigenvalue weighted by Gasteiger charge is 2.33. The third-order valence-electron chi connectivity index (χ3n) is 5.00. The Morgan fingerprint density at radius 2 is 1.96 bits per heavy atom. The van der Waals surface area contributed by atoms with Crippen LogP contribution in [0.3, 0.4) is 0 Å². The van der Waals surface area contributed by atoms with E-state index in [1.165, 1.54) is 25.7 Å². The van der Waals surface area contributed by atoms with E-state index in [9.17, 15) is 8.42 Å². The van der Waals surface area contributed by atoms with Crippen LogP contribution in [-0.4, -0.2) is 53.7 Å². The molecular formula is C16H27N5O2S. The summed E-state index contributed by atoms with van der Waals surface area (Å²) in [5.74, 6) is 1.70. The van der Waals surface area contributed by atoms with Crippen LogP contribution in [-0.2, 0) is 9.84 Å². The van der Waals surface area contributed by atoms with Crippen molar-refractivity contribution >= 4 is 21.6 Å². The molecule has 0 bridgehead atoms. The average Bonchev–Trinajstić information content (AvgIpc) is 2.75. The van der Waals surface area contributed by atoms with E-state index in [0.717, 1.165) is 18.7 Å². The van der Waals surface area contributed by atoms with Gasteiger partial charge >= 0.3 is 0 Å². The minimum atomic E-state index is -2.93. The van der Waals surface area contributed by atoms with Crippen molar-refractivity contribution in [3.63, 3.8) is 0 Å². The Hall–Kier alpha value is -1.44. The molecule has 3 rings (SSSR count). The third-order valence-corrected chi connectivity index (χ3v) is 6.75. The summed E-state index contributed by atoms with van der Waals surface area (Å²) in [4.78, 5) is 6.58. The molecule has 134 valence electrons. The molecule has 0 radical (unpaired) electrons. The number of hydrogen-bond acceptors (Lipinski definition) is 7. The van der Waals surface area contributed by atoms with Gasteiger partial charge in [0, 0.05) is 18.6 Å². The maximum Gasteiger partial charge on any atom is 0.247 e. The van der Waals surface area contributed by atoms with E-state index in [4.69, 9.17) is 0 Å². The van der Waals surface area contributed by atoms with E-state index in [1.807, 2.05) is 11.8 Å². The Kier molecular flexibility index (Phi) is 5.53. The molecule has 0 amide bonds. The molecule has 2 heterocycles. The standard InChI is InChI=1S/C16H27N5O2S/c1-2-21(14-9-10-24(22,23)12-14)16-19-15(11-17-20-16)18-13-7-5-3-4-6-8-13/h11,13-14H,2-10,12H2,1H3,(H,18,19,20). The lowest BCUT2D eigenvalue weighted by Gasteiger charge is -2.26. The van der Waals surface area contributed by atoms with Crippen molar-refractivity contribution in [3.8, 4) is 0 Å². The highest BCUT2D eigenvalue weighted by Crippen LogP contribution is 2.23. The molecule has 2 aliphatic rings. The summed E-state index contributed by atoms with van der Waals surface area (Å²) in [6.07, 6.45) is 9.76. The molecule has 8 heteroatoms. The van der Waals surface area contributed by atoms with E-state index in [0.29, 0.717) is 25.0 Å². The predicted octanol–water partition coefficient (Wildman–Crippen LogP) is 2.02. The van der Waals surface area contributed by atoms with Gasteiger partial charge in [-0.3, -0.25) is 0 Å². The Labute approximate surface area is 144 Å². The van der Waals surface area contributed by atoms with Crippen LogP contribution >= 0.6 is 0 Å². The zero-order chi connectivity index (χ0) is 17.0. The number of rotatable bonds is 5. The van der Waals surface area contributed by atoms with Gasteiger partial charge in [0.15, 0.2) is 15.7 Å². The van der Waals surface area contributed by atoms with Gasteiger partial charge < -0.3 is 10.2 Å². The van der Waals surface area contributed by atoms with E-state index in [-0.39, 0.29) is 17.5 Å². The zero-order valence-corrected chi connectivity index (χ0v) is 15.1. The molecule has 1 aromatic rings. The number of sulfone groups is 1. The summed E-state index contributed by atoms with van der Waals surface area (Å²) < 4.78 is 23.5. The predicted molar refractivity (Wildman–Crippen MR) is 95.0 cm³/mol. The summed E-state index contributed by atoms with van der Waals surface area (Å²) in [6.45, 7) is 2.68. The fourth-order valence-corrected chi connectivity index (χ4v) is 5.43. The maximum atomic E-state index is 11.8. The average molecular weight is 353 g/mol. The van der Waals surface area contributed by atoms with E-state index < -0.39 is 9.84 Å². The van der Waals surface area contributed by atoms with Gasteiger partial charge in [0.05, 0.1) is 17.7 Å². The van der Waals surface area contributed by atoms with Gasteiger partial charge in [-0.1, -0.05) is 25.7 Å². The van der Waals surface area contributed by atoms with Gasteiger partial charge in [-0.2, -0.15) is 10.1 Å². The topological polar surface area (TPSA) is 88.1 Å². The van der Waals surface area contributed by atoms with Gasteiger partial charge in [-0.25, -0.2) is 8.42 Å². The van der Waals surface area contributed by atoms with Gasteiger partial charge in [-0.15, -0.1) is 5.10 Å². The largest absolute Gasteiger partial charge is 0.366 e. The Morgan fingerprint density at radius 1 is 1.21 bits per heavy atom. The van der Waals surface area contributed by atoms with Gasteiger partial charge in [-0.05, 0) is 26.2 Å². The van der Waals surface area contributed by atoms with Crippen LogP contribution < -0.4 is 10.2 Å². The first-order valence-electron chi connectivity index (χ1n) is 9.01. The van der Waals surface area contributed by atoms with E-state index in [1.54, 1.807) is 6.20 Å². The van der Waals surface area contributed by atoms with Crippen molar-refractivity contribution in [2.75, 3.05) is 28.3 Å². The molecule has 1 N–H and O–H groups in total. The van der Waals surface area contributed by atoms with Crippen LogP contribution in [0.4, 0.5) is 11.8 Å². The van der Waals surface area contributed by atoms with E-state index in [2.05, 4.69) is 20.5 Å². The first-order valence-corrected chi connectivity index (χ1v) is 10.8. The fourth-order valence-electron chi connectivity index (χ4n) is 3.70. The summed E-state index contributed by atoms with van der Waals surface area (Å²) in [6, 6.07) is 0.397. The molecule has 1 unspecified atom stereocenters. The molecule has 1 saturated carbocycles. The molecule has 1 saturated heterocycles. The Bertz CT molecular complexity index is 644. The van der Waals surface area contributed by atoms with Crippen molar-refractivity contribution in [1.82, 2.24) is 15.2 Å². The number of nitrogens with one attached hydrogen (secondary N) is 1. The SMILES string of the molecule is CCN(c1nncc(NC2CCCCCC2)n1)C1CCS(=O)(=O)C1.